The molecule has 0 amide bonds. The molecule has 0 aromatic carbocycles. The van der Waals surface area contributed by atoms with Crippen LogP contribution in [-0.2, 0) is 16.8 Å². The van der Waals surface area contributed by atoms with E-state index in [0.717, 1.165) is 12.8 Å². The Bertz CT molecular complexity index is 307. The van der Waals surface area contributed by atoms with E-state index in [2.05, 4.69) is 53.1 Å². The molecule has 1 aliphatic rings. The Hall–Kier alpha value is 0.708. The van der Waals surface area contributed by atoms with E-state index in [-0.39, 0.29) is 5.22 Å². The lowest BCUT2D eigenvalue weighted by Gasteiger charge is -2.42. The van der Waals surface area contributed by atoms with Crippen LogP contribution in [0.25, 0.3) is 0 Å². The second kappa shape index (κ2) is 6.22. The Labute approximate surface area is 123 Å². The standard InChI is InChI=1S/C11H30O4Si4/c1-9-11(10-2)12-18(5,6)14-17(4)15-19(7,8)13-16(11)3/h16-17H,9-10H2,1-8H3. The van der Waals surface area contributed by atoms with Crippen molar-refractivity contribution >= 4 is 35.4 Å². The van der Waals surface area contributed by atoms with Gasteiger partial charge in [-0.2, -0.15) is 0 Å². The van der Waals surface area contributed by atoms with Gasteiger partial charge in [-0.3, -0.25) is 0 Å². The molecular weight excluding hydrogens is 308 g/mol. The molecule has 0 radical (unpaired) electrons. The summed E-state index contributed by atoms with van der Waals surface area (Å²) >= 11 is 0. The van der Waals surface area contributed by atoms with E-state index in [0.29, 0.717) is 0 Å². The molecule has 0 aromatic rings. The van der Waals surface area contributed by atoms with Crippen molar-refractivity contribution in [2.24, 2.45) is 0 Å². The zero-order chi connectivity index (χ0) is 14.9. The van der Waals surface area contributed by atoms with Gasteiger partial charge in [0.1, 0.15) is 0 Å². The van der Waals surface area contributed by atoms with Crippen molar-refractivity contribution in [2.75, 3.05) is 0 Å². The summed E-state index contributed by atoms with van der Waals surface area (Å²) < 4.78 is 25.4. The van der Waals surface area contributed by atoms with E-state index < -0.39 is 35.4 Å². The smallest absolute Gasteiger partial charge is 0.323 e. The molecule has 2 atom stereocenters. The summed E-state index contributed by atoms with van der Waals surface area (Å²) in [5, 5.41) is -0.109. The molecule has 0 spiro atoms. The van der Waals surface area contributed by atoms with Crippen molar-refractivity contribution in [3.63, 3.8) is 0 Å². The van der Waals surface area contributed by atoms with Gasteiger partial charge in [0.2, 0.25) is 0 Å². The van der Waals surface area contributed by atoms with Gasteiger partial charge >= 0.3 is 26.4 Å². The van der Waals surface area contributed by atoms with Gasteiger partial charge in [-0.15, -0.1) is 0 Å². The van der Waals surface area contributed by atoms with Crippen LogP contribution >= 0.6 is 0 Å². The molecular formula is C11H30O4Si4. The maximum Gasteiger partial charge on any atom is 0.323 e. The summed E-state index contributed by atoms with van der Waals surface area (Å²) in [5.74, 6) is 0. The summed E-state index contributed by atoms with van der Waals surface area (Å²) in [5.41, 5.74) is 0. The first-order valence-corrected chi connectivity index (χ1v) is 17.2. The maximum atomic E-state index is 6.55. The fourth-order valence-electron chi connectivity index (χ4n) is 2.95. The van der Waals surface area contributed by atoms with Crippen LogP contribution < -0.4 is 0 Å². The lowest BCUT2D eigenvalue weighted by Crippen LogP contribution is -2.56. The fraction of sp³-hybridized carbons (Fsp3) is 1.00. The zero-order valence-corrected chi connectivity index (χ0v) is 18.0. The van der Waals surface area contributed by atoms with Crippen molar-refractivity contribution in [2.45, 2.75) is 71.2 Å². The maximum absolute atomic E-state index is 6.55. The normalized spacial score (nSPS) is 34.1. The lowest BCUT2D eigenvalue weighted by molar-refractivity contribution is 0.0921. The van der Waals surface area contributed by atoms with E-state index in [1.54, 1.807) is 0 Å². The molecule has 0 bridgehead atoms. The van der Waals surface area contributed by atoms with Gasteiger partial charge in [0, 0.05) is 0 Å². The van der Waals surface area contributed by atoms with Crippen molar-refractivity contribution in [3.8, 4) is 0 Å². The number of rotatable bonds is 2. The summed E-state index contributed by atoms with van der Waals surface area (Å²) in [7, 11) is -7.36. The first kappa shape index (κ1) is 17.8. The quantitative estimate of drug-likeness (QED) is 0.726. The molecule has 0 N–H and O–H groups in total. The van der Waals surface area contributed by atoms with Crippen LogP contribution in [0.15, 0.2) is 0 Å². The Morgan fingerprint density at radius 2 is 1.32 bits per heavy atom. The Morgan fingerprint density at radius 1 is 0.842 bits per heavy atom. The third-order valence-corrected chi connectivity index (χ3v) is 18.2. The molecule has 0 aromatic heterocycles. The molecule has 1 aliphatic heterocycles. The van der Waals surface area contributed by atoms with Gasteiger partial charge in [-0.25, -0.2) is 0 Å². The second-order valence-electron chi connectivity index (χ2n) is 6.24. The SMILES string of the molecule is CCC1(CC)O[Si](C)(C)O[SiH](C)O[Si](C)(C)O[SiH]1C. The highest BCUT2D eigenvalue weighted by Gasteiger charge is 2.48. The predicted octanol–water partition coefficient (Wildman–Crippen LogP) is 2.77. The van der Waals surface area contributed by atoms with Gasteiger partial charge in [0.05, 0.1) is 5.22 Å². The van der Waals surface area contributed by atoms with Crippen LogP contribution in [0.5, 0.6) is 0 Å². The molecule has 1 saturated heterocycles. The predicted molar refractivity (Wildman–Crippen MR) is 88.6 cm³/mol. The first-order valence-electron chi connectivity index (χ1n) is 7.29. The third-order valence-electron chi connectivity index (χ3n) is 3.75. The van der Waals surface area contributed by atoms with Crippen LogP contribution in [-0.4, -0.2) is 40.7 Å². The molecule has 1 rings (SSSR count). The molecule has 0 aliphatic carbocycles. The van der Waals surface area contributed by atoms with Gasteiger partial charge < -0.3 is 16.8 Å². The Morgan fingerprint density at radius 3 is 1.79 bits per heavy atom. The average Bonchev–Trinajstić information content (AvgIpc) is 2.24. The molecule has 19 heavy (non-hydrogen) atoms. The molecule has 1 heterocycles. The molecule has 4 nitrogen and oxygen atoms in total. The van der Waals surface area contributed by atoms with Crippen LogP contribution in [0, 0.1) is 0 Å². The van der Waals surface area contributed by atoms with Gasteiger partial charge in [-0.1, -0.05) is 13.8 Å². The first-order chi connectivity index (χ1) is 8.56. The van der Waals surface area contributed by atoms with Gasteiger partial charge in [0.15, 0.2) is 9.04 Å². The number of hydrogen-bond acceptors (Lipinski definition) is 4. The summed E-state index contributed by atoms with van der Waals surface area (Å²) in [4.78, 5) is 0. The van der Waals surface area contributed by atoms with Crippen LogP contribution in [0.4, 0.5) is 0 Å². The summed E-state index contributed by atoms with van der Waals surface area (Å²) in [6, 6.07) is 0. The van der Waals surface area contributed by atoms with E-state index >= 15 is 0 Å². The number of hydrogen-bond donors (Lipinski definition) is 0. The topological polar surface area (TPSA) is 36.9 Å². The van der Waals surface area contributed by atoms with Crippen molar-refractivity contribution in [3.05, 3.63) is 0 Å². The zero-order valence-electron chi connectivity index (χ0n) is 13.7. The summed E-state index contributed by atoms with van der Waals surface area (Å²) in [6.45, 7) is 17.3. The van der Waals surface area contributed by atoms with Crippen molar-refractivity contribution in [1.29, 1.82) is 0 Å². The average molecular weight is 339 g/mol. The fourth-order valence-corrected chi connectivity index (χ4v) is 19.1. The van der Waals surface area contributed by atoms with E-state index in [1.165, 1.54) is 0 Å². The highest BCUT2D eigenvalue weighted by molar-refractivity contribution is 6.82. The minimum Gasteiger partial charge on any atom is -0.437 e. The molecule has 1 fully saturated rings. The van der Waals surface area contributed by atoms with E-state index in [1.807, 2.05) is 0 Å². The lowest BCUT2D eigenvalue weighted by atomic mass is 10.2. The van der Waals surface area contributed by atoms with Crippen molar-refractivity contribution in [1.82, 2.24) is 0 Å². The monoisotopic (exact) mass is 338 g/mol. The van der Waals surface area contributed by atoms with Crippen molar-refractivity contribution < 1.29 is 16.8 Å². The highest BCUT2D eigenvalue weighted by Crippen LogP contribution is 2.32. The van der Waals surface area contributed by atoms with Crippen LogP contribution in [0.3, 0.4) is 0 Å². The minimum absolute atomic E-state index is 0.109. The molecule has 0 saturated carbocycles. The van der Waals surface area contributed by atoms with E-state index in [9.17, 15) is 0 Å². The Kier molecular flexibility index (Phi) is 5.81. The minimum atomic E-state index is -2.14. The van der Waals surface area contributed by atoms with Crippen LogP contribution in [0.2, 0.25) is 39.3 Å². The Balaban J connectivity index is 3.12. The molecule has 114 valence electrons. The summed E-state index contributed by atoms with van der Waals surface area (Å²) in [6.07, 6.45) is 1.99. The largest absolute Gasteiger partial charge is 0.437 e. The molecule has 2 unspecified atom stereocenters. The van der Waals surface area contributed by atoms with Gasteiger partial charge in [0.25, 0.3) is 0 Å². The molecule has 8 heteroatoms. The van der Waals surface area contributed by atoms with Crippen LogP contribution in [0.1, 0.15) is 26.7 Å². The highest BCUT2D eigenvalue weighted by atomic mass is 28.5. The van der Waals surface area contributed by atoms with Gasteiger partial charge in [-0.05, 0) is 52.1 Å². The third kappa shape index (κ3) is 4.60. The second-order valence-corrected chi connectivity index (χ2v) is 18.3. The van der Waals surface area contributed by atoms with E-state index in [4.69, 9.17) is 16.8 Å².